The van der Waals surface area contributed by atoms with E-state index in [1.165, 1.54) is 12.1 Å². The van der Waals surface area contributed by atoms with Gasteiger partial charge in [-0.1, -0.05) is 30.3 Å². The Labute approximate surface area is 163 Å². The molecule has 1 N–H and O–H groups in total. The van der Waals surface area contributed by atoms with Gasteiger partial charge in [0.2, 0.25) is 0 Å². The number of benzene rings is 2. The van der Waals surface area contributed by atoms with Crippen LogP contribution in [0.2, 0.25) is 0 Å². The van der Waals surface area contributed by atoms with E-state index in [-0.39, 0.29) is 11.7 Å². The minimum absolute atomic E-state index is 0.0126. The van der Waals surface area contributed by atoms with Crippen molar-refractivity contribution in [1.82, 2.24) is 9.88 Å². The van der Waals surface area contributed by atoms with Crippen LogP contribution in [-0.2, 0) is 19.4 Å². The summed E-state index contributed by atoms with van der Waals surface area (Å²) in [6.07, 6.45) is 1.26. The summed E-state index contributed by atoms with van der Waals surface area (Å²) in [5.41, 5.74) is 2.34. The topological polar surface area (TPSA) is 75.8 Å². The molecule has 2 heterocycles. The van der Waals surface area contributed by atoms with E-state index < -0.39 is 0 Å². The molecule has 6 heteroatoms. The first kappa shape index (κ1) is 18.1. The molecule has 1 aliphatic rings. The van der Waals surface area contributed by atoms with E-state index >= 15 is 0 Å². The zero-order valence-electron chi connectivity index (χ0n) is 15.7. The highest BCUT2D eigenvalue weighted by Crippen LogP contribution is 2.26. The summed E-state index contributed by atoms with van der Waals surface area (Å²) in [5.74, 6) is 1.85. The standard InChI is InChI=1S/C22H22N2O4/c1-2-27-18-12-16(11-17(25)13-18)22(26)24-9-8-20-19(14-24)23-21(28-20)10-15-6-4-3-5-7-15/h3-7,11-13,25H,2,8-10,14H2,1H3. The van der Waals surface area contributed by atoms with Crippen molar-refractivity contribution in [2.24, 2.45) is 0 Å². The number of phenolic OH excluding ortho intramolecular Hbond substituents is 1. The number of aromatic nitrogens is 1. The number of oxazole rings is 1. The van der Waals surface area contributed by atoms with Gasteiger partial charge in [-0.15, -0.1) is 0 Å². The van der Waals surface area contributed by atoms with Crippen molar-refractivity contribution in [1.29, 1.82) is 0 Å². The van der Waals surface area contributed by atoms with Crippen LogP contribution < -0.4 is 4.74 Å². The zero-order chi connectivity index (χ0) is 19.5. The Morgan fingerprint density at radius 2 is 2.07 bits per heavy atom. The number of hydrogen-bond acceptors (Lipinski definition) is 5. The van der Waals surface area contributed by atoms with Gasteiger partial charge in [-0.05, 0) is 24.6 Å². The lowest BCUT2D eigenvalue weighted by atomic mass is 10.1. The molecule has 0 spiro atoms. The van der Waals surface area contributed by atoms with Crippen LogP contribution in [0.25, 0.3) is 0 Å². The van der Waals surface area contributed by atoms with E-state index in [9.17, 15) is 9.90 Å². The molecular formula is C22H22N2O4. The van der Waals surface area contributed by atoms with E-state index in [4.69, 9.17) is 9.15 Å². The monoisotopic (exact) mass is 378 g/mol. The van der Waals surface area contributed by atoms with Crippen LogP contribution in [0.1, 0.15) is 40.2 Å². The fourth-order valence-electron chi connectivity index (χ4n) is 3.41. The Morgan fingerprint density at radius 3 is 2.86 bits per heavy atom. The van der Waals surface area contributed by atoms with E-state index in [2.05, 4.69) is 4.98 Å². The summed E-state index contributed by atoms with van der Waals surface area (Å²) in [4.78, 5) is 19.2. The lowest BCUT2D eigenvalue weighted by Crippen LogP contribution is -2.35. The molecule has 2 aromatic carbocycles. The molecule has 0 radical (unpaired) electrons. The molecule has 1 amide bonds. The number of hydrogen-bond donors (Lipinski definition) is 1. The van der Waals surface area contributed by atoms with Crippen molar-refractivity contribution < 1.29 is 19.1 Å². The van der Waals surface area contributed by atoms with Gasteiger partial charge in [0.15, 0.2) is 5.89 Å². The number of carbonyl (C=O) groups excluding carboxylic acids is 1. The molecule has 1 aliphatic heterocycles. The highest BCUT2D eigenvalue weighted by Gasteiger charge is 2.26. The zero-order valence-corrected chi connectivity index (χ0v) is 15.7. The minimum atomic E-state index is -0.157. The smallest absolute Gasteiger partial charge is 0.254 e. The Kier molecular flexibility index (Phi) is 5.02. The van der Waals surface area contributed by atoms with E-state index in [0.717, 1.165) is 17.0 Å². The molecule has 144 valence electrons. The molecule has 0 fully saturated rings. The summed E-state index contributed by atoms with van der Waals surface area (Å²) in [5, 5.41) is 9.89. The maximum absolute atomic E-state index is 12.9. The lowest BCUT2D eigenvalue weighted by Gasteiger charge is -2.25. The first-order chi connectivity index (χ1) is 13.6. The van der Waals surface area contributed by atoms with Crippen LogP contribution in [-0.4, -0.2) is 34.0 Å². The third-order valence-corrected chi connectivity index (χ3v) is 4.71. The predicted molar refractivity (Wildman–Crippen MR) is 103 cm³/mol. The number of ether oxygens (including phenoxy) is 1. The predicted octanol–water partition coefficient (Wildman–Crippen LogP) is 3.57. The molecule has 3 aromatic rings. The van der Waals surface area contributed by atoms with Gasteiger partial charge >= 0.3 is 0 Å². The van der Waals surface area contributed by atoms with Crippen molar-refractivity contribution in [3.05, 3.63) is 77.0 Å². The maximum Gasteiger partial charge on any atom is 0.254 e. The van der Waals surface area contributed by atoms with Crippen LogP contribution >= 0.6 is 0 Å². The number of phenols is 1. The SMILES string of the molecule is CCOc1cc(O)cc(C(=O)N2CCc3oc(Cc4ccccc4)nc3C2)c1. The number of aromatic hydroxyl groups is 1. The average molecular weight is 378 g/mol. The van der Waals surface area contributed by atoms with Crippen molar-refractivity contribution in [3.8, 4) is 11.5 Å². The Hall–Kier alpha value is -3.28. The van der Waals surface area contributed by atoms with Crippen molar-refractivity contribution in [3.63, 3.8) is 0 Å². The second kappa shape index (κ2) is 7.76. The van der Waals surface area contributed by atoms with Crippen LogP contribution in [0, 0.1) is 0 Å². The number of amides is 1. The fourth-order valence-corrected chi connectivity index (χ4v) is 3.41. The first-order valence-corrected chi connectivity index (χ1v) is 9.40. The summed E-state index contributed by atoms with van der Waals surface area (Å²) in [7, 11) is 0. The summed E-state index contributed by atoms with van der Waals surface area (Å²) in [6, 6.07) is 14.7. The number of fused-ring (bicyclic) bond motifs is 1. The van der Waals surface area contributed by atoms with E-state index in [1.807, 2.05) is 37.3 Å². The molecule has 0 atom stereocenters. The van der Waals surface area contributed by atoms with E-state index in [1.54, 1.807) is 11.0 Å². The molecule has 4 rings (SSSR count). The van der Waals surface area contributed by atoms with Gasteiger partial charge < -0.3 is 19.2 Å². The second-order valence-electron chi connectivity index (χ2n) is 6.77. The minimum Gasteiger partial charge on any atom is -0.508 e. The first-order valence-electron chi connectivity index (χ1n) is 9.40. The van der Waals surface area contributed by atoms with Gasteiger partial charge in [0.1, 0.15) is 23.0 Å². The van der Waals surface area contributed by atoms with Crippen LogP contribution in [0.3, 0.4) is 0 Å². The summed E-state index contributed by atoms with van der Waals surface area (Å²) >= 11 is 0. The molecule has 0 aliphatic carbocycles. The van der Waals surface area contributed by atoms with Crippen molar-refractivity contribution in [2.45, 2.75) is 26.3 Å². The highest BCUT2D eigenvalue weighted by molar-refractivity contribution is 5.95. The summed E-state index contributed by atoms with van der Waals surface area (Å²) < 4.78 is 11.3. The molecule has 28 heavy (non-hydrogen) atoms. The molecule has 6 nitrogen and oxygen atoms in total. The lowest BCUT2D eigenvalue weighted by molar-refractivity contribution is 0.0727. The third kappa shape index (κ3) is 3.86. The largest absolute Gasteiger partial charge is 0.508 e. The number of carbonyl (C=O) groups is 1. The Bertz CT molecular complexity index is 981. The van der Waals surface area contributed by atoms with Crippen LogP contribution in [0.15, 0.2) is 52.9 Å². The van der Waals surface area contributed by atoms with Gasteiger partial charge in [0, 0.05) is 31.0 Å². The van der Waals surface area contributed by atoms with E-state index in [0.29, 0.717) is 49.7 Å². The quantitative estimate of drug-likeness (QED) is 0.735. The molecule has 0 bridgehead atoms. The molecule has 0 unspecified atom stereocenters. The van der Waals surface area contributed by atoms with Gasteiger partial charge in [0.25, 0.3) is 5.91 Å². The second-order valence-corrected chi connectivity index (χ2v) is 6.77. The molecule has 0 saturated carbocycles. The third-order valence-electron chi connectivity index (χ3n) is 4.71. The number of rotatable bonds is 5. The molecule has 0 saturated heterocycles. The number of nitrogens with zero attached hydrogens (tertiary/aromatic N) is 2. The maximum atomic E-state index is 12.9. The molecule has 1 aromatic heterocycles. The molecular weight excluding hydrogens is 356 g/mol. The Balaban J connectivity index is 1.50. The van der Waals surface area contributed by atoms with Gasteiger partial charge in [-0.25, -0.2) is 4.98 Å². The van der Waals surface area contributed by atoms with Crippen molar-refractivity contribution in [2.75, 3.05) is 13.2 Å². The van der Waals surface area contributed by atoms with Gasteiger partial charge in [-0.2, -0.15) is 0 Å². The Morgan fingerprint density at radius 1 is 1.25 bits per heavy atom. The summed E-state index contributed by atoms with van der Waals surface area (Å²) in [6.45, 7) is 3.26. The van der Waals surface area contributed by atoms with Gasteiger partial charge in [-0.3, -0.25) is 4.79 Å². The average Bonchev–Trinajstić information content (AvgIpc) is 3.09. The van der Waals surface area contributed by atoms with Gasteiger partial charge in [0.05, 0.1) is 13.2 Å². The van der Waals surface area contributed by atoms with Crippen LogP contribution in [0.5, 0.6) is 11.5 Å². The fraction of sp³-hybridized carbons (Fsp3) is 0.273. The van der Waals surface area contributed by atoms with Crippen LogP contribution in [0.4, 0.5) is 0 Å². The normalized spacial score (nSPS) is 13.2. The highest BCUT2D eigenvalue weighted by atomic mass is 16.5. The van der Waals surface area contributed by atoms with Crippen molar-refractivity contribution >= 4 is 5.91 Å².